The minimum absolute atomic E-state index is 0.109. The monoisotopic (exact) mass is 414 g/mol. The highest BCUT2D eigenvalue weighted by molar-refractivity contribution is 5.76. The average Bonchev–Trinajstić information content (AvgIpc) is 3.38. The number of ether oxygens (including phenoxy) is 1. The van der Waals surface area contributed by atoms with Gasteiger partial charge in [-0.1, -0.05) is 17.3 Å². The Morgan fingerprint density at radius 1 is 1.27 bits per heavy atom. The summed E-state index contributed by atoms with van der Waals surface area (Å²) in [5.41, 5.74) is 0.763. The molecule has 4 atom stereocenters. The van der Waals surface area contributed by atoms with Crippen molar-refractivity contribution in [1.82, 2.24) is 19.9 Å². The molecule has 1 aromatic carbocycles. The van der Waals surface area contributed by atoms with Crippen molar-refractivity contribution in [3.63, 3.8) is 0 Å². The third-order valence-electron chi connectivity index (χ3n) is 6.49. The molecule has 1 amide bonds. The Hall–Kier alpha value is -2.45. The number of carbonyl (C=O) groups is 1. The highest BCUT2D eigenvalue weighted by Crippen LogP contribution is 2.38. The van der Waals surface area contributed by atoms with Gasteiger partial charge in [-0.25, -0.2) is 0 Å². The van der Waals surface area contributed by atoms with Crippen LogP contribution < -0.4 is 4.74 Å². The lowest BCUT2D eigenvalue weighted by Gasteiger charge is -2.38. The van der Waals surface area contributed by atoms with Gasteiger partial charge in [-0.15, -0.1) is 0 Å². The van der Waals surface area contributed by atoms with Crippen LogP contribution in [0, 0.1) is 11.8 Å². The molecule has 8 heteroatoms. The van der Waals surface area contributed by atoms with E-state index in [9.17, 15) is 9.90 Å². The Morgan fingerprint density at radius 2 is 2.00 bits per heavy atom. The molecular weight excluding hydrogens is 384 g/mol. The Kier molecular flexibility index (Phi) is 6.06. The largest absolute Gasteiger partial charge is 0.496 e. The van der Waals surface area contributed by atoms with Crippen molar-refractivity contribution in [2.24, 2.45) is 11.8 Å². The summed E-state index contributed by atoms with van der Waals surface area (Å²) in [5.74, 6) is 2.55. The zero-order valence-electron chi connectivity index (χ0n) is 17.8. The molecule has 1 aromatic heterocycles. The Balaban J connectivity index is 1.33. The molecule has 0 radical (unpaired) electrons. The molecular formula is C22H30N4O4. The van der Waals surface area contributed by atoms with E-state index in [1.165, 1.54) is 0 Å². The lowest BCUT2D eigenvalue weighted by Crippen LogP contribution is -2.46. The van der Waals surface area contributed by atoms with Crippen molar-refractivity contribution in [2.75, 3.05) is 34.3 Å². The van der Waals surface area contributed by atoms with E-state index in [0.29, 0.717) is 42.1 Å². The number of benzene rings is 1. The van der Waals surface area contributed by atoms with Crippen LogP contribution in [0.3, 0.4) is 0 Å². The summed E-state index contributed by atoms with van der Waals surface area (Å²) in [5, 5.41) is 14.5. The van der Waals surface area contributed by atoms with Crippen LogP contribution in [0.15, 0.2) is 28.8 Å². The standard InChI is InChI=1S/C22H30N4O4/c1-25(2)17-10-14-12-26(13-15(14)11-18(17)27)21(28)9-8-20-23-22(24-30-20)16-6-4-5-7-19(16)29-3/h4-7,14-15,17-18,27H,8-13H2,1-3H3/t14-,15+,17-,18-/m1/s1. The summed E-state index contributed by atoms with van der Waals surface area (Å²) >= 11 is 0. The van der Waals surface area contributed by atoms with Gasteiger partial charge in [0, 0.05) is 32.0 Å². The van der Waals surface area contributed by atoms with Crippen molar-refractivity contribution < 1.29 is 19.2 Å². The van der Waals surface area contributed by atoms with Gasteiger partial charge in [-0.3, -0.25) is 4.79 Å². The molecule has 162 valence electrons. The molecule has 30 heavy (non-hydrogen) atoms. The summed E-state index contributed by atoms with van der Waals surface area (Å²) in [6.07, 6.45) is 2.14. The number of likely N-dealkylation sites (N-methyl/N-ethyl adjacent to an activating group) is 1. The summed E-state index contributed by atoms with van der Waals surface area (Å²) in [6, 6.07) is 7.67. The van der Waals surface area contributed by atoms with Gasteiger partial charge in [0.05, 0.1) is 18.8 Å². The van der Waals surface area contributed by atoms with Crippen LogP contribution in [-0.4, -0.2) is 77.4 Å². The second-order valence-corrected chi connectivity index (χ2v) is 8.60. The molecule has 1 aliphatic carbocycles. The molecule has 2 heterocycles. The maximum Gasteiger partial charge on any atom is 0.227 e. The molecule has 1 aliphatic heterocycles. The number of aliphatic hydroxyl groups is 1. The van der Waals surface area contributed by atoms with E-state index in [1.807, 2.05) is 43.3 Å². The number of fused-ring (bicyclic) bond motifs is 1. The molecule has 1 saturated heterocycles. The Bertz CT molecular complexity index is 884. The minimum Gasteiger partial charge on any atom is -0.496 e. The molecule has 4 rings (SSSR count). The van der Waals surface area contributed by atoms with E-state index in [1.54, 1.807) is 7.11 Å². The van der Waals surface area contributed by atoms with Crippen molar-refractivity contribution in [2.45, 2.75) is 37.8 Å². The highest BCUT2D eigenvalue weighted by Gasteiger charge is 2.43. The van der Waals surface area contributed by atoms with Crippen molar-refractivity contribution in [1.29, 1.82) is 0 Å². The van der Waals surface area contributed by atoms with E-state index in [4.69, 9.17) is 9.26 Å². The third kappa shape index (κ3) is 4.20. The molecule has 2 fully saturated rings. The number of hydrogen-bond donors (Lipinski definition) is 1. The number of aryl methyl sites for hydroxylation is 1. The normalized spacial score (nSPS) is 26.1. The zero-order valence-corrected chi connectivity index (χ0v) is 17.8. The number of likely N-dealkylation sites (tertiary alicyclic amines) is 1. The van der Waals surface area contributed by atoms with Gasteiger partial charge in [-0.05, 0) is 50.9 Å². The summed E-state index contributed by atoms with van der Waals surface area (Å²) in [4.78, 5) is 21.3. The maximum atomic E-state index is 12.8. The summed E-state index contributed by atoms with van der Waals surface area (Å²) in [6.45, 7) is 1.51. The number of amides is 1. The predicted octanol–water partition coefficient (Wildman–Crippen LogP) is 1.84. The van der Waals surface area contributed by atoms with Crippen molar-refractivity contribution >= 4 is 5.91 Å². The van der Waals surface area contributed by atoms with Crippen LogP contribution in [-0.2, 0) is 11.2 Å². The number of methoxy groups -OCH3 is 1. The van der Waals surface area contributed by atoms with Gasteiger partial charge in [0.25, 0.3) is 0 Å². The summed E-state index contributed by atoms with van der Waals surface area (Å²) < 4.78 is 10.7. The highest BCUT2D eigenvalue weighted by atomic mass is 16.5. The fourth-order valence-corrected chi connectivity index (χ4v) is 4.83. The SMILES string of the molecule is COc1ccccc1-c1noc(CCC(=O)N2C[C@H]3C[C@@H](N(C)C)[C@H](O)C[C@H]3C2)n1. The van der Waals surface area contributed by atoms with E-state index >= 15 is 0 Å². The smallest absolute Gasteiger partial charge is 0.227 e. The van der Waals surface area contributed by atoms with Gasteiger partial charge < -0.3 is 24.2 Å². The number of rotatable bonds is 6. The number of para-hydroxylation sites is 1. The van der Waals surface area contributed by atoms with Gasteiger partial charge in [0.2, 0.25) is 17.6 Å². The van der Waals surface area contributed by atoms with Crippen LogP contribution in [0.1, 0.15) is 25.2 Å². The van der Waals surface area contributed by atoms with Crippen molar-refractivity contribution in [3.8, 4) is 17.1 Å². The van der Waals surface area contributed by atoms with Gasteiger partial charge >= 0.3 is 0 Å². The first-order chi connectivity index (χ1) is 14.5. The topological polar surface area (TPSA) is 91.9 Å². The fourth-order valence-electron chi connectivity index (χ4n) is 4.83. The van der Waals surface area contributed by atoms with Crippen LogP contribution in [0.25, 0.3) is 11.4 Å². The van der Waals surface area contributed by atoms with Gasteiger partial charge in [0.15, 0.2) is 0 Å². The van der Waals surface area contributed by atoms with Crippen LogP contribution in [0.5, 0.6) is 5.75 Å². The number of nitrogens with zero attached hydrogens (tertiary/aromatic N) is 4. The second-order valence-electron chi connectivity index (χ2n) is 8.60. The number of aromatic nitrogens is 2. The first-order valence-corrected chi connectivity index (χ1v) is 10.5. The predicted molar refractivity (Wildman–Crippen MR) is 111 cm³/mol. The molecule has 8 nitrogen and oxygen atoms in total. The quantitative estimate of drug-likeness (QED) is 0.771. The lowest BCUT2D eigenvalue weighted by molar-refractivity contribution is -0.130. The molecule has 2 aliphatic rings. The van der Waals surface area contributed by atoms with Crippen LogP contribution >= 0.6 is 0 Å². The first kappa shape index (κ1) is 20.8. The first-order valence-electron chi connectivity index (χ1n) is 10.5. The zero-order chi connectivity index (χ0) is 21.3. The second kappa shape index (κ2) is 8.73. The maximum absolute atomic E-state index is 12.8. The number of hydrogen-bond acceptors (Lipinski definition) is 7. The molecule has 1 N–H and O–H groups in total. The minimum atomic E-state index is -0.317. The lowest BCUT2D eigenvalue weighted by atomic mass is 9.77. The van der Waals surface area contributed by atoms with Crippen molar-refractivity contribution in [3.05, 3.63) is 30.2 Å². The van der Waals surface area contributed by atoms with Crippen LogP contribution in [0.2, 0.25) is 0 Å². The molecule has 1 saturated carbocycles. The molecule has 0 spiro atoms. The third-order valence-corrected chi connectivity index (χ3v) is 6.49. The van der Waals surface area contributed by atoms with E-state index < -0.39 is 0 Å². The summed E-state index contributed by atoms with van der Waals surface area (Å²) in [7, 11) is 5.62. The van der Waals surface area contributed by atoms with Gasteiger partial charge in [0.1, 0.15) is 5.75 Å². The molecule has 0 unspecified atom stereocenters. The van der Waals surface area contributed by atoms with E-state index in [-0.39, 0.29) is 18.1 Å². The average molecular weight is 415 g/mol. The molecule has 0 bridgehead atoms. The van der Waals surface area contributed by atoms with E-state index in [0.717, 1.165) is 31.5 Å². The van der Waals surface area contributed by atoms with Gasteiger partial charge in [-0.2, -0.15) is 4.98 Å². The Morgan fingerprint density at radius 3 is 2.73 bits per heavy atom. The molecule has 2 aromatic rings. The fraction of sp³-hybridized carbons (Fsp3) is 0.591. The Labute approximate surface area is 176 Å². The van der Waals surface area contributed by atoms with E-state index in [2.05, 4.69) is 15.0 Å². The number of carbonyl (C=O) groups excluding carboxylic acids is 1. The number of aliphatic hydroxyl groups excluding tert-OH is 1. The van der Waals surface area contributed by atoms with Crippen LogP contribution in [0.4, 0.5) is 0 Å².